The van der Waals surface area contributed by atoms with Gasteiger partial charge in [-0.05, 0) is 37.1 Å². The molecule has 2 aromatic rings. The maximum Gasteiger partial charge on any atom is 0.258 e. The van der Waals surface area contributed by atoms with Crippen LogP contribution in [0.15, 0.2) is 36.7 Å². The number of rotatable bonds is 5. The van der Waals surface area contributed by atoms with Gasteiger partial charge in [0.25, 0.3) is 5.91 Å². The fraction of sp³-hybridized carbons (Fsp3) is 0.312. The first-order valence-electron chi connectivity index (χ1n) is 7.45. The van der Waals surface area contributed by atoms with E-state index in [0.717, 1.165) is 19.4 Å². The molecule has 0 bridgehead atoms. The Kier molecular flexibility index (Phi) is 4.77. The van der Waals surface area contributed by atoms with Crippen molar-refractivity contribution in [2.24, 2.45) is 0 Å². The monoisotopic (exact) mass is 316 g/mol. The van der Waals surface area contributed by atoms with Gasteiger partial charge >= 0.3 is 0 Å². The van der Waals surface area contributed by atoms with Crippen molar-refractivity contribution in [3.05, 3.63) is 48.0 Å². The molecule has 1 fully saturated rings. The van der Waals surface area contributed by atoms with Gasteiger partial charge in [0.15, 0.2) is 0 Å². The summed E-state index contributed by atoms with van der Waals surface area (Å²) in [4.78, 5) is 20.3. The highest BCUT2D eigenvalue weighted by Crippen LogP contribution is 2.13. The van der Waals surface area contributed by atoms with Crippen LogP contribution in [0.3, 0.4) is 0 Å². The molecular formula is C16H17FN4O2. The molecule has 120 valence electrons. The Hall–Kier alpha value is -2.54. The Labute approximate surface area is 133 Å². The topological polar surface area (TPSA) is 76.1 Å². The third-order valence-corrected chi connectivity index (χ3v) is 3.53. The van der Waals surface area contributed by atoms with E-state index in [2.05, 4.69) is 20.6 Å². The normalized spacial score (nSPS) is 17.0. The van der Waals surface area contributed by atoms with Gasteiger partial charge in [-0.2, -0.15) is 0 Å². The minimum Gasteiger partial charge on any atom is -0.376 e. The molecule has 6 nitrogen and oxygen atoms in total. The van der Waals surface area contributed by atoms with E-state index in [9.17, 15) is 9.18 Å². The third-order valence-electron chi connectivity index (χ3n) is 3.53. The Morgan fingerprint density at radius 2 is 2.00 bits per heavy atom. The van der Waals surface area contributed by atoms with Crippen LogP contribution in [0.4, 0.5) is 16.0 Å². The number of hydrogen-bond donors (Lipinski definition) is 2. The molecule has 3 rings (SSSR count). The van der Waals surface area contributed by atoms with Crippen molar-refractivity contribution < 1.29 is 13.9 Å². The van der Waals surface area contributed by atoms with Gasteiger partial charge in [-0.15, -0.1) is 0 Å². The van der Waals surface area contributed by atoms with Gasteiger partial charge in [-0.3, -0.25) is 4.79 Å². The van der Waals surface area contributed by atoms with Crippen LogP contribution in [0, 0.1) is 5.82 Å². The van der Waals surface area contributed by atoms with Crippen molar-refractivity contribution in [3.63, 3.8) is 0 Å². The summed E-state index contributed by atoms with van der Waals surface area (Å²) in [6, 6.07) is 5.55. The molecule has 1 atom stereocenters. The highest BCUT2D eigenvalue weighted by Gasteiger charge is 2.15. The van der Waals surface area contributed by atoms with Crippen molar-refractivity contribution >= 4 is 17.5 Å². The number of ether oxygens (including phenoxy) is 1. The molecule has 1 aromatic carbocycles. The third kappa shape index (κ3) is 4.23. The van der Waals surface area contributed by atoms with Gasteiger partial charge in [0.2, 0.25) is 5.95 Å². The van der Waals surface area contributed by atoms with E-state index in [4.69, 9.17) is 4.74 Å². The van der Waals surface area contributed by atoms with Crippen LogP contribution < -0.4 is 10.6 Å². The Balaban J connectivity index is 1.55. The van der Waals surface area contributed by atoms with Gasteiger partial charge in [0.1, 0.15) is 5.82 Å². The number of benzene rings is 1. The number of hydrogen-bond acceptors (Lipinski definition) is 5. The lowest BCUT2D eigenvalue weighted by molar-refractivity contribution is 0.102. The first-order chi connectivity index (χ1) is 11.2. The number of carbonyl (C=O) groups is 1. The zero-order chi connectivity index (χ0) is 16.1. The zero-order valence-corrected chi connectivity index (χ0v) is 12.5. The molecule has 2 heterocycles. The van der Waals surface area contributed by atoms with Crippen molar-refractivity contribution in [1.29, 1.82) is 0 Å². The molecule has 0 aliphatic carbocycles. The molecule has 1 aliphatic rings. The maximum atomic E-state index is 12.8. The van der Waals surface area contributed by atoms with Gasteiger partial charge < -0.3 is 15.4 Å². The molecule has 7 heteroatoms. The number of anilines is 2. The molecule has 0 saturated carbocycles. The number of nitrogens with zero attached hydrogens (tertiary/aromatic N) is 2. The van der Waals surface area contributed by atoms with E-state index in [0.29, 0.717) is 23.7 Å². The molecule has 1 saturated heterocycles. The van der Waals surface area contributed by atoms with Crippen LogP contribution in [0.25, 0.3) is 0 Å². The van der Waals surface area contributed by atoms with Crippen LogP contribution in [0.2, 0.25) is 0 Å². The molecule has 1 aliphatic heterocycles. The number of amides is 1. The predicted molar refractivity (Wildman–Crippen MR) is 83.8 cm³/mol. The number of halogens is 1. The Morgan fingerprint density at radius 1 is 1.26 bits per heavy atom. The first-order valence-corrected chi connectivity index (χ1v) is 7.45. The summed E-state index contributed by atoms with van der Waals surface area (Å²) >= 11 is 0. The van der Waals surface area contributed by atoms with Gasteiger partial charge in [0, 0.05) is 31.2 Å². The lowest BCUT2D eigenvalue weighted by Gasteiger charge is -2.10. The van der Waals surface area contributed by atoms with Gasteiger partial charge in [0.05, 0.1) is 11.7 Å². The van der Waals surface area contributed by atoms with E-state index in [1.807, 2.05) is 0 Å². The van der Waals surface area contributed by atoms with Crippen molar-refractivity contribution in [2.75, 3.05) is 23.8 Å². The molecular weight excluding hydrogens is 299 g/mol. The summed E-state index contributed by atoms with van der Waals surface area (Å²) in [5.74, 6) is -0.242. The van der Waals surface area contributed by atoms with E-state index < -0.39 is 0 Å². The average molecular weight is 316 g/mol. The zero-order valence-electron chi connectivity index (χ0n) is 12.5. The summed E-state index contributed by atoms with van der Waals surface area (Å²) in [5.41, 5.74) is 0.842. The highest BCUT2D eigenvalue weighted by molar-refractivity contribution is 6.03. The van der Waals surface area contributed by atoms with E-state index in [-0.39, 0.29) is 17.8 Å². The van der Waals surface area contributed by atoms with Crippen LogP contribution in [-0.2, 0) is 4.74 Å². The number of carbonyl (C=O) groups excluding carboxylic acids is 1. The summed E-state index contributed by atoms with van der Waals surface area (Å²) in [6.07, 6.45) is 5.20. The second kappa shape index (κ2) is 7.15. The lowest BCUT2D eigenvalue weighted by atomic mass is 10.2. The fourth-order valence-electron chi connectivity index (χ4n) is 2.28. The quantitative estimate of drug-likeness (QED) is 0.886. The second-order valence-electron chi connectivity index (χ2n) is 5.27. The molecule has 1 amide bonds. The maximum absolute atomic E-state index is 12.8. The molecule has 1 aromatic heterocycles. The standard InChI is InChI=1S/C16H17FN4O2/c17-12-3-5-13(6-4-12)21-15(22)11-8-18-16(19-9-11)20-10-14-2-1-7-23-14/h3-6,8-9,14H,1-2,7,10H2,(H,21,22)(H,18,19,20). The molecule has 23 heavy (non-hydrogen) atoms. The Bertz CT molecular complexity index is 655. The smallest absolute Gasteiger partial charge is 0.258 e. The van der Waals surface area contributed by atoms with E-state index in [1.54, 1.807) is 0 Å². The SMILES string of the molecule is O=C(Nc1ccc(F)cc1)c1cnc(NCC2CCCO2)nc1. The van der Waals surface area contributed by atoms with Crippen LogP contribution >= 0.6 is 0 Å². The van der Waals surface area contributed by atoms with Crippen molar-refractivity contribution in [3.8, 4) is 0 Å². The molecule has 2 N–H and O–H groups in total. The van der Waals surface area contributed by atoms with Crippen LogP contribution in [0.1, 0.15) is 23.2 Å². The van der Waals surface area contributed by atoms with Gasteiger partial charge in [-0.25, -0.2) is 14.4 Å². The second-order valence-corrected chi connectivity index (χ2v) is 5.27. The van der Waals surface area contributed by atoms with Crippen molar-refractivity contribution in [2.45, 2.75) is 18.9 Å². The van der Waals surface area contributed by atoms with E-state index in [1.165, 1.54) is 36.7 Å². The van der Waals surface area contributed by atoms with Gasteiger partial charge in [-0.1, -0.05) is 0 Å². The van der Waals surface area contributed by atoms with Crippen LogP contribution in [-0.4, -0.2) is 35.1 Å². The summed E-state index contributed by atoms with van der Waals surface area (Å²) < 4.78 is 18.3. The minimum absolute atomic E-state index is 0.194. The summed E-state index contributed by atoms with van der Waals surface area (Å²) in [7, 11) is 0. The number of nitrogens with one attached hydrogen (secondary N) is 2. The molecule has 0 spiro atoms. The van der Waals surface area contributed by atoms with Crippen molar-refractivity contribution in [1.82, 2.24) is 9.97 Å². The molecule has 1 unspecified atom stereocenters. The summed E-state index contributed by atoms with van der Waals surface area (Å²) in [6.45, 7) is 1.46. The van der Waals surface area contributed by atoms with Crippen LogP contribution in [0.5, 0.6) is 0 Å². The number of aromatic nitrogens is 2. The lowest BCUT2D eigenvalue weighted by Crippen LogP contribution is -2.20. The molecule has 0 radical (unpaired) electrons. The Morgan fingerprint density at radius 3 is 2.65 bits per heavy atom. The predicted octanol–water partition coefficient (Wildman–Crippen LogP) is 2.46. The fourth-order valence-corrected chi connectivity index (χ4v) is 2.28. The highest BCUT2D eigenvalue weighted by atomic mass is 19.1. The minimum atomic E-state index is -0.354. The summed E-state index contributed by atoms with van der Waals surface area (Å²) in [5, 5.41) is 5.74. The average Bonchev–Trinajstić information content (AvgIpc) is 3.09. The van der Waals surface area contributed by atoms with E-state index >= 15 is 0 Å². The largest absolute Gasteiger partial charge is 0.376 e. The first kappa shape index (κ1) is 15.4.